The van der Waals surface area contributed by atoms with Crippen LogP contribution in [0.3, 0.4) is 0 Å². The Balaban J connectivity index is 2.49. The lowest BCUT2D eigenvalue weighted by Crippen LogP contribution is -2.46. The van der Waals surface area contributed by atoms with Crippen molar-refractivity contribution in [2.75, 3.05) is 0 Å². The van der Waals surface area contributed by atoms with Crippen LogP contribution in [0.5, 0.6) is 0 Å². The quantitative estimate of drug-likeness (QED) is 0.729. The second-order valence-electron chi connectivity index (χ2n) is 4.90. The Labute approximate surface area is 85.9 Å². The van der Waals surface area contributed by atoms with Crippen molar-refractivity contribution in [2.45, 2.75) is 52.1 Å². The van der Waals surface area contributed by atoms with Gasteiger partial charge >= 0.3 is 5.97 Å². The molecule has 1 aliphatic heterocycles. The Kier molecular flexibility index (Phi) is 3.93. The van der Waals surface area contributed by atoms with Gasteiger partial charge in [-0.05, 0) is 32.1 Å². The number of carboxylic acids is 1. The van der Waals surface area contributed by atoms with Gasteiger partial charge in [0.25, 0.3) is 0 Å². The summed E-state index contributed by atoms with van der Waals surface area (Å²) in [5.41, 5.74) is 0. The zero-order chi connectivity index (χ0) is 10.7. The summed E-state index contributed by atoms with van der Waals surface area (Å²) in [6.45, 7) is 6.43. The number of hydrogen-bond acceptors (Lipinski definition) is 2. The summed E-state index contributed by atoms with van der Waals surface area (Å²) >= 11 is 0. The predicted octanol–water partition coefficient (Wildman–Crippen LogP) is 1.87. The summed E-state index contributed by atoms with van der Waals surface area (Å²) in [6, 6.07) is 0.730. The topological polar surface area (TPSA) is 49.3 Å². The van der Waals surface area contributed by atoms with Crippen molar-refractivity contribution in [3.8, 4) is 0 Å². The third-order valence-corrected chi connectivity index (χ3v) is 2.83. The first kappa shape index (κ1) is 11.5. The Morgan fingerprint density at radius 2 is 2.14 bits per heavy atom. The van der Waals surface area contributed by atoms with Gasteiger partial charge in [-0.2, -0.15) is 0 Å². The maximum absolute atomic E-state index is 10.9. The molecule has 0 amide bonds. The van der Waals surface area contributed by atoms with E-state index in [4.69, 9.17) is 5.11 Å². The van der Waals surface area contributed by atoms with Crippen LogP contribution in [-0.2, 0) is 4.79 Å². The largest absolute Gasteiger partial charge is 0.481 e. The second kappa shape index (κ2) is 4.78. The van der Waals surface area contributed by atoms with Crippen LogP contribution in [-0.4, -0.2) is 23.2 Å². The van der Waals surface area contributed by atoms with Crippen LogP contribution >= 0.6 is 0 Å². The molecule has 0 aromatic heterocycles. The van der Waals surface area contributed by atoms with Gasteiger partial charge in [-0.25, -0.2) is 0 Å². The number of nitrogens with one attached hydrogen (secondary N) is 1. The lowest BCUT2D eigenvalue weighted by Gasteiger charge is -2.33. The van der Waals surface area contributed by atoms with Crippen LogP contribution in [0.1, 0.15) is 40.0 Å². The summed E-state index contributed by atoms with van der Waals surface area (Å²) in [4.78, 5) is 10.9. The van der Waals surface area contributed by atoms with E-state index in [0.717, 1.165) is 19.3 Å². The molecule has 0 radical (unpaired) electrons. The van der Waals surface area contributed by atoms with E-state index < -0.39 is 5.97 Å². The van der Waals surface area contributed by atoms with Crippen molar-refractivity contribution in [1.82, 2.24) is 5.32 Å². The van der Waals surface area contributed by atoms with Crippen LogP contribution < -0.4 is 5.32 Å². The Morgan fingerprint density at radius 1 is 1.50 bits per heavy atom. The van der Waals surface area contributed by atoms with Gasteiger partial charge in [-0.1, -0.05) is 13.8 Å². The first-order valence-electron chi connectivity index (χ1n) is 5.48. The summed E-state index contributed by atoms with van der Waals surface area (Å²) in [7, 11) is 0. The number of hydrogen-bond donors (Lipinski definition) is 2. The van der Waals surface area contributed by atoms with E-state index in [-0.39, 0.29) is 5.92 Å². The SMILES string of the molecule is CC(C)CC1CC(C(=O)O)CC(C)N1. The molecule has 0 bridgehead atoms. The number of carbonyl (C=O) groups is 1. The minimum Gasteiger partial charge on any atom is -0.481 e. The van der Waals surface area contributed by atoms with E-state index in [9.17, 15) is 4.79 Å². The maximum atomic E-state index is 10.9. The molecule has 1 rings (SSSR count). The number of carboxylic acid groups (broad SMARTS) is 1. The summed E-state index contributed by atoms with van der Waals surface area (Å²) in [6.07, 6.45) is 2.63. The van der Waals surface area contributed by atoms with Crippen LogP contribution in [0.25, 0.3) is 0 Å². The lowest BCUT2D eigenvalue weighted by molar-refractivity contribution is -0.143. The van der Waals surface area contributed by atoms with Crippen molar-refractivity contribution in [1.29, 1.82) is 0 Å². The molecule has 3 nitrogen and oxygen atoms in total. The molecule has 3 unspecified atom stereocenters. The minimum absolute atomic E-state index is 0.144. The molecule has 1 fully saturated rings. The van der Waals surface area contributed by atoms with E-state index in [1.165, 1.54) is 0 Å². The highest BCUT2D eigenvalue weighted by atomic mass is 16.4. The molecule has 1 saturated heterocycles. The number of rotatable bonds is 3. The molecule has 14 heavy (non-hydrogen) atoms. The molecule has 1 heterocycles. The number of piperidine rings is 1. The van der Waals surface area contributed by atoms with E-state index in [0.29, 0.717) is 18.0 Å². The summed E-state index contributed by atoms with van der Waals surface area (Å²) in [5.74, 6) is -0.144. The summed E-state index contributed by atoms with van der Waals surface area (Å²) in [5, 5.41) is 12.4. The van der Waals surface area contributed by atoms with Crippen molar-refractivity contribution in [3.05, 3.63) is 0 Å². The molecule has 0 saturated carbocycles. The number of aliphatic carboxylic acids is 1. The summed E-state index contributed by atoms with van der Waals surface area (Å²) < 4.78 is 0. The minimum atomic E-state index is -0.632. The molecule has 3 heteroatoms. The van der Waals surface area contributed by atoms with Crippen LogP contribution in [0.15, 0.2) is 0 Å². The smallest absolute Gasteiger partial charge is 0.306 e. The van der Waals surface area contributed by atoms with Gasteiger partial charge in [-0.15, -0.1) is 0 Å². The molecular weight excluding hydrogens is 178 g/mol. The van der Waals surface area contributed by atoms with Gasteiger partial charge in [0, 0.05) is 12.1 Å². The van der Waals surface area contributed by atoms with Gasteiger partial charge in [0.2, 0.25) is 0 Å². The maximum Gasteiger partial charge on any atom is 0.306 e. The highest BCUT2D eigenvalue weighted by Gasteiger charge is 2.30. The third kappa shape index (κ3) is 3.29. The fourth-order valence-corrected chi connectivity index (χ4v) is 2.34. The van der Waals surface area contributed by atoms with E-state index in [2.05, 4.69) is 26.1 Å². The highest BCUT2D eigenvalue weighted by Crippen LogP contribution is 2.23. The van der Waals surface area contributed by atoms with E-state index in [1.807, 2.05) is 0 Å². The zero-order valence-electron chi connectivity index (χ0n) is 9.29. The van der Waals surface area contributed by atoms with Crippen molar-refractivity contribution < 1.29 is 9.90 Å². The van der Waals surface area contributed by atoms with Gasteiger partial charge in [0.1, 0.15) is 0 Å². The highest BCUT2D eigenvalue weighted by molar-refractivity contribution is 5.70. The van der Waals surface area contributed by atoms with E-state index in [1.54, 1.807) is 0 Å². The van der Waals surface area contributed by atoms with Crippen molar-refractivity contribution >= 4 is 5.97 Å². The molecule has 0 aromatic carbocycles. The monoisotopic (exact) mass is 199 g/mol. The average Bonchev–Trinajstić information content (AvgIpc) is 2.01. The van der Waals surface area contributed by atoms with Gasteiger partial charge in [0.15, 0.2) is 0 Å². The predicted molar refractivity (Wildman–Crippen MR) is 56.2 cm³/mol. The standard InChI is InChI=1S/C11H21NO2/c1-7(2)4-10-6-9(11(13)14)5-8(3)12-10/h7-10,12H,4-6H2,1-3H3,(H,13,14). The molecule has 3 atom stereocenters. The fraction of sp³-hybridized carbons (Fsp3) is 0.909. The van der Waals surface area contributed by atoms with E-state index >= 15 is 0 Å². The van der Waals surface area contributed by atoms with Gasteiger partial charge < -0.3 is 10.4 Å². The Morgan fingerprint density at radius 3 is 2.64 bits per heavy atom. The third-order valence-electron chi connectivity index (χ3n) is 2.83. The van der Waals surface area contributed by atoms with Crippen LogP contribution in [0, 0.1) is 11.8 Å². The zero-order valence-corrected chi connectivity index (χ0v) is 9.29. The van der Waals surface area contributed by atoms with Crippen molar-refractivity contribution in [2.24, 2.45) is 11.8 Å². The molecule has 0 aliphatic carbocycles. The normalized spacial score (nSPS) is 33.3. The Hall–Kier alpha value is -0.570. The Bertz CT molecular complexity index is 201. The first-order chi connectivity index (χ1) is 6.49. The molecule has 2 N–H and O–H groups in total. The van der Waals surface area contributed by atoms with Gasteiger partial charge in [0.05, 0.1) is 5.92 Å². The van der Waals surface area contributed by atoms with Gasteiger partial charge in [-0.3, -0.25) is 4.79 Å². The molecule has 82 valence electrons. The van der Waals surface area contributed by atoms with Crippen LogP contribution in [0.4, 0.5) is 0 Å². The molecule has 0 aromatic rings. The molecular formula is C11H21NO2. The van der Waals surface area contributed by atoms with Crippen molar-refractivity contribution in [3.63, 3.8) is 0 Å². The lowest BCUT2D eigenvalue weighted by atomic mass is 9.85. The second-order valence-corrected chi connectivity index (χ2v) is 4.90. The fourth-order valence-electron chi connectivity index (χ4n) is 2.34. The average molecular weight is 199 g/mol. The molecule has 0 spiro atoms. The van der Waals surface area contributed by atoms with Crippen LogP contribution in [0.2, 0.25) is 0 Å². The molecule has 1 aliphatic rings. The first-order valence-corrected chi connectivity index (χ1v) is 5.48.